The molecule has 3 rings (SSSR count). The van der Waals surface area contributed by atoms with E-state index in [4.69, 9.17) is 28.4 Å². The third-order valence-corrected chi connectivity index (χ3v) is 4.71. The van der Waals surface area contributed by atoms with Crippen LogP contribution in [0.2, 0.25) is 0 Å². The number of ether oxygens (including phenoxy) is 6. The maximum Gasteiger partial charge on any atom is 0.338 e. The minimum atomic E-state index is -1.65. The largest absolute Gasteiger partial charge is 0.464 e. The van der Waals surface area contributed by atoms with Crippen molar-refractivity contribution in [1.82, 2.24) is 9.55 Å². The summed E-state index contributed by atoms with van der Waals surface area (Å²) >= 11 is 0. The highest BCUT2D eigenvalue weighted by Gasteiger charge is 2.52. The lowest BCUT2D eigenvalue weighted by atomic mass is 10.1. The van der Waals surface area contributed by atoms with Gasteiger partial charge in [0.05, 0.1) is 19.8 Å². The van der Waals surface area contributed by atoms with E-state index in [0.717, 1.165) is 16.8 Å². The van der Waals surface area contributed by atoms with Crippen LogP contribution in [0.4, 0.5) is 0 Å². The number of aromatic nitrogens is 2. The topological polar surface area (TPSA) is 185 Å². The minimum Gasteiger partial charge on any atom is -0.464 e. The average Bonchev–Trinajstić information content (AvgIpc) is 3.31. The highest BCUT2D eigenvalue weighted by Crippen LogP contribution is 2.34. The van der Waals surface area contributed by atoms with Crippen molar-refractivity contribution in [3.05, 3.63) is 33.1 Å². The molecule has 32 heavy (non-hydrogen) atoms. The molecule has 1 aromatic heterocycles. The molecule has 0 unspecified atom stereocenters. The Kier molecular flexibility index (Phi) is 7.76. The first kappa shape index (κ1) is 24.0. The van der Waals surface area contributed by atoms with Crippen molar-refractivity contribution >= 4 is 11.9 Å². The van der Waals surface area contributed by atoms with Gasteiger partial charge < -0.3 is 38.6 Å². The van der Waals surface area contributed by atoms with Crippen molar-refractivity contribution < 1.29 is 48.2 Å². The van der Waals surface area contributed by atoms with Gasteiger partial charge in [-0.3, -0.25) is 14.3 Å². The number of hydrogen-bond acceptors (Lipinski definition) is 12. The molecular formula is C18H24N2O12. The van der Waals surface area contributed by atoms with E-state index in [2.05, 4.69) is 0 Å². The van der Waals surface area contributed by atoms with Crippen LogP contribution in [0.15, 0.2) is 21.9 Å². The number of hydrogen-bond donors (Lipinski definition) is 3. The molecule has 2 fully saturated rings. The van der Waals surface area contributed by atoms with Crippen LogP contribution in [0.3, 0.4) is 0 Å². The number of aromatic amines is 1. The molecule has 0 aliphatic carbocycles. The highest BCUT2D eigenvalue weighted by atomic mass is 16.9. The van der Waals surface area contributed by atoms with Crippen LogP contribution in [0.5, 0.6) is 0 Å². The number of nitrogens with zero attached hydrogens (tertiary/aromatic N) is 1. The quantitative estimate of drug-likeness (QED) is 0.343. The number of nitrogens with one attached hydrogen (secondary N) is 1. The Labute approximate surface area is 180 Å². The van der Waals surface area contributed by atoms with Gasteiger partial charge in [-0.15, -0.1) is 0 Å². The van der Waals surface area contributed by atoms with Crippen LogP contribution in [-0.2, 0) is 38.0 Å². The van der Waals surface area contributed by atoms with Gasteiger partial charge in [0, 0.05) is 12.3 Å². The number of H-pyrrole nitrogens is 1. The van der Waals surface area contributed by atoms with Crippen LogP contribution in [0.25, 0.3) is 0 Å². The van der Waals surface area contributed by atoms with Crippen LogP contribution >= 0.6 is 0 Å². The number of aliphatic hydroxyl groups excluding tert-OH is 2. The van der Waals surface area contributed by atoms with Gasteiger partial charge >= 0.3 is 17.6 Å². The molecule has 2 aliphatic heterocycles. The molecule has 178 valence electrons. The Morgan fingerprint density at radius 2 is 1.69 bits per heavy atom. The molecule has 0 saturated carbocycles. The average molecular weight is 460 g/mol. The fourth-order valence-corrected chi connectivity index (χ4v) is 3.28. The summed E-state index contributed by atoms with van der Waals surface area (Å²) in [5, 5.41) is 20.0. The van der Waals surface area contributed by atoms with Crippen molar-refractivity contribution in [2.45, 2.75) is 57.1 Å². The van der Waals surface area contributed by atoms with Crippen LogP contribution in [0.1, 0.15) is 20.1 Å². The summed E-state index contributed by atoms with van der Waals surface area (Å²) < 4.78 is 32.5. The van der Waals surface area contributed by atoms with Gasteiger partial charge in [0.25, 0.3) is 12.0 Å². The van der Waals surface area contributed by atoms with E-state index in [9.17, 15) is 29.4 Å². The highest BCUT2D eigenvalue weighted by molar-refractivity contribution is 5.86. The summed E-state index contributed by atoms with van der Waals surface area (Å²) in [5.74, 6) is -1.77. The monoisotopic (exact) mass is 460 g/mol. The van der Waals surface area contributed by atoms with E-state index in [0.29, 0.717) is 0 Å². The summed E-state index contributed by atoms with van der Waals surface area (Å²) in [6.07, 6.45) is -7.15. The zero-order valence-corrected chi connectivity index (χ0v) is 17.2. The number of esters is 2. The van der Waals surface area contributed by atoms with Gasteiger partial charge in [-0.2, -0.15) is 0 Å². The molecule has 2 saturated heterocycles. The lowest BCUT2D eigenvalue weighted by Gasteiger charge is -2.24. The van der Waals surface area contributed by atoms with E-state index >= 15 is 0 Å². The van der Waals surface area contributed by atoms with Gasteiger partial charge in [0.1, 0.15) is 18.3 Å². The number of rotatable bonds is 8. The fourth-order valence-electron chi connectivity index (χ4n) is 3.28. The standard InChI is InChI=1S/C18H24N2O12/c1-3-27-15(24)12-13(16(25)28-4-2)32-18(31-12)30-11-10(23)8(7-21)29-14(11)20-6-5-9(22)19-17(20)26/h5-6,8,10-14,18,21,23H,3-4,7H2,1-2H3,(H,19,22,26)/t8-,10-,11-,12-,13-,14-/m1/s1. The first-order chi connectivity index (χ1) is 15.3. The molecule has 3 heterocycles. The SMILES string of the molecule is CCOC(=O)[C@@H]1OC(O[C@@H]2[C@H](O)[C@@H](CO)O[C@H]2n2ccc(=O)[nH]c2=O)O[C@H]1C(=O)OCC. The van der Waals surface area contributed by atoms with Crippen LogP contribution in [0, 0.1) is 0 Å². The molecule has 0 amide bonds. The molecule has 6 atom stereocenters. The first-order valence-corrected chi connectivity index (χ1v) is 9.86. The van der Waals surface area contributed by atoms with Gasteiger partial charge in [-0.05, 0) is 13.8 Å². The number of carbonyl (C=O) groups is 2. The second-order valence-corrected chi connectivity index (χ2v) is 6.76. The Hall–Kier alpha value is -2.62. The maximum absolute atomic E-state index is 12.2. The van der Waals surface area contributed by atoms with E-state index in [-0.39, 0.29) is 13.2 Å². The lowest BCUT2D eigenvalue weighted by molar-refractivity contribution is -0.281. The predicted molar refractivity (Wildman–Crippen MR) is 100.0 cm³/mol. The Balaban J connectivity index is 1.83. The van der Waals surface area contributed by atoms with Gasteiger partial charge in [-0.1, -0.05) is 0 Å². The molecule has 2 aliphatic rings. The van der Waals surface area contributed by atoms with E-state index in [1.54, 1.807) is 13.8 Å². The zero-order chi connectivity index (χ0) is 23.4. The third kappa shape index (κ3) is 4.90. The molecular weight excluding hydrogens is 436 g/mol. The minimum absolute atomic E-state index is 0.0182. The summed E-state index contributed by atoms with van der Waals surface area (Å²) in [4.78, 5) is 50.0. The van der Waals surface area contributed by atoms with E-state index in [1.165, 1.54) is 0 Å². The number of aliphatic hydroxyl groups is 2. The fraction of sp³-hybridized carbons (Fsp3) is 0.667. The van der Waals surface area contributed by atoms with Crippen molar-refractivity contribution in [2.75, 3.05) is 19.8 Å². The van der Waals surface area contributed by atoms with Gasteiger partial charge in [-0.25, -0.2) is 14.4 Å². The van der Waals surface area contributed by atoms with Crippen LogP contribution < -0.4 is 11.2 Å². The number of carbonyl (C=O) groups excluding carboxylic acids is 2. The Morgan fingerprint density at radius 3 is 2.19 bits per heavy atom. The van der Waals surface area contributed by atoms with Crippen molar-refractivity contribution in [1.29, 1.82) is 0 Å². The summed E-state index contributed by atoms with van der Waals surface area (Å²) in [5.41, 5.74) is -1.51. The zero-order valence-electron chi connectivity index (χ0n) is 17.2. The van der Waals surface area contributed by atoms with Crippen molar-refractivity contribution in [3.8, 4) is 0 Å². The normalized spacial score (nSPS) is 30.4. The first-order valence-electron chi connectivity index (χ1n) is 9.86. The van der Waals surface area contributed by atoms with Gasteiger partial charge in [0.15, 0.2) is 18.4 Å². The molecule has 3 N–H and O–H groups in total. The molecule has 0 radical (unpaired) electrons. The second-order valence-electron chi connectivity index (χ2n) is 6.76. The molecule has 0 aromatic carbocycles. The smallest absolute Gasteiger partial charge is 0.338 e. The lowest BCUT2D eigenvalue weighted by Crippen LogP contribution is -2.41. The molecule has 14 heteroatoms. The van der Waals surface area contributed by atoms with E-state index in [1.807, 2.05) is 4.98 Å². The molecule has 1 aromatic rings. The van der Waals surface area contributed by atoms with Crippen LogP contribution in [-0.4, -0.2) is 88.5 Å². The Morgan fingerprint density at radius 1 is 1.09 bits per heavy atom. The summed E-state index contributed by atoms with van der Waals surface area (Å²) in [6.45, 7) is 0.900. The predicted octanol–water partition coefficient (Wildman–Crippen LogP) is -2.63. The molecule has 0 bridgehead atoms. The summed E-state index contributed by atoms with van der Waals surface area (Å²) in [6, 6.07) is 1.05. The molecule has 14 nitrogen and oxygen atoms in total. The molecule has 0 spiro atoms. The van der Waals surface area contributed by atoms with Crippen molar-refractivity contribution in [2.24, 2.45) is 0 Å². The third-order valence-electron chi connectivity index (χ3n) is 4.71. The summed E-state index contributed by atoms with van der Waals surface area (Å²) in [7, 11) is 0. The van der Waals surface area contributed by atoms with Crippen molar-refractivity contribution in [3.63, 3.8) is 0 Å². The van der Waals surface area contributed by atoms with Gasteiger partial charge in [0.2, 0.25) is 0 Å². The Bertz CT molecular complexity index is 903. The maximum atomic E-state index is 12.2. The van der Waals surface area contributed by atoms with E-state index < -0.39 is 73.0 Å². The second kappa shape index (κ2) is 10.3.